The molecule has 4 saturated heterocycles. The molecule has 284 valence electrons. The van der Waals surface area contributed by atoms with E-state index in [9.17, 15) is 19.2 Å². The SMILES string of the molecule is Cc1ccc(N2CCN(c3cccc(/C=C4\SC(=O)NC4=O)n3)CC2)cc1.Cc1ccc(N2CCNCC2)cc1.O=C1NC(=O)/C(=C/c2cccc(Br)n2)S1. The second-order valence-corrected chi connectivity index (χ2v) is 15.7. The molecule has 0 radical (unpaired) electrons. The molecule has 4 aliphatic rings. The van der Waals surface area contributed by atoms with Crippen LogP contribution < -0.4 is 30.7 Å². The lowest BCUT2D eigenvalue weighted by molar-refractivity contribution is -0.116. The third-order valence-corrected chi connectivity index (χ3v) is 10.9. The zero-order chi connectivity index (χ0) is 38.7. The molecule has 0 bridgehead atoms. The maximum Gasteiger partial charge on any atom is 0.290 e. The Morgan fingerprint density at radius 2 is 1.04 bits per heavy atom. The van der Waals surface area contributed by atoms with Crippen molar-refractivity contribution >= 4 is 91.1 Å². The highest BCUT2D eigenvalue weighted by atomic mass is 79.9. The number of anilines is 3. The summed E-state index contributed by atoms with van der Waals surface area (Å²) >= 11 is 5.01. The van der Waals surface area contributed by atoms with E-state index in [0.717, 1.165) is 81.7 Å². The molecule has 0 saturated carbocycles. The van der Waals surface area contributed by atoms with Gasteiger partial charge in [-0.2, -0.15) is 0 Å². The standard InChI is InChI=1S/C20H20N4O2S.C11H16N2.C9H5BrN2O2S/c1-14-5-7-16(8-6-14)23-9-11-24(12-10-23)18-4-2-3-15(21-18)13-17-19(25)22-20(26)27-17;1-10-2-4-11(5-3-10)13-8-6-12-7-9-13;10-7-3-1-2-5(11-7)4-6-8(13)12-9(14)15-6/h2-8,13H,9-12H2,1H3,(H,22,25,26);2-5,12H,6-9H2,1H3;1-4H,(H,12,13,14)/b17-13-;;6-4-. The van der Waals surface area contributed by atoms with E-state index < -0.39 is 0 Å². The Kier molecular flexibility index (Phi) is 13.8. The van der Waals surface area contributed by atoms with Crippen LogP contribution in [0.15, 0.2) is 99.3 Å². The van der Waals surface area contributed by atoms with Gasteiger partial charge >= 0.3 is 0 Å². The van der Waals surface area contributed by atoms with Gasteiger partial charge < -0.3 is 20.0 Å². The summed E-state index contributed by atoms with van der Waals surface area (Å²) in [5, 5.41) is 7.11. The number of hydrogen-bond donors (Lipinski definition) is 3. The van der Waals surface area contributed by atoms with Crippen LogP contribution >= 0.6 is 39.5 Å². The summed E-state index contributed by atoms with van der Waals surface area (Å²) in [6.45, 7) is 12.3. The molecule has 12 nitrogen and oxygen atoms in total. The highest BCUT2D eigenvalue weighted by Crippen LogP contribution is 2.27. The van der Waals surface area contributed by atoms with Gasteiger partial charge in [-0.05, 0) is 114 Å². The Hall–Kier alpha value is -4.96. The van der Waals surface area contributed by atoms with Crippen molar-refractivity contribution in [2.45, 2.75) is 13.8 Å². The molecule has 4 fully saturated rings. The predicted octanol–water partition coefficient (Wildman–Crippen LogP) is 6.61. The smallest absolute Gasteiger partial charge is 0.290 e. The molecule has 55 heavy (non-hydrogen) atoms. The van der Waals surface area contributed by atoms with Crippen molar-refractivity contribution in [1.82, 2.24) is 25.9 Å². The van der Waals surface area contributed by atoms with Gasteiger partial charge in [0.15, 0.2) is 0 Å². The van der Waals surface area contributed by atoms with Crippen LogP contribution in [0.25, 0.3) is 12.2 Å². The van der Waals surface area contributed by atoms with Crippen LogP contribution in [0.1, 0.15) is 22.5 Å². The number of benzene rings is 2. The van der Waals surface area contributed by atoms with Gasteiger partial charge in [-0.15, -0.1) is 0 Å². The van der Waals surface area contributed by atoms with Gasteiger partial charge in [-0.3, -0.25) is 29.8 Å². The number of pyridine rings is 2. The lowest BCUT2D eigenvalue weighted by atomic mass is 10.2. The number of carbonyl (C=O) groups excluding carboxylic acids is 4. The van der Waals surface area contributed by atoms with Crippen LogP contribution in [0, 0.1) is 13.8 Å². The normalized spacial score (nSPS) is 18.4. The number of carbonyl (C=O) groups is 4. The Morgan fingerprint density at radius 3 is 1.51 bits per heavy atom. The zero-order valence-corrected chi connectivity index (χ0v) is 33.7. The first-order valence-corrected chi connectivity index (χ1v) is 20.2. The van der Waals surface area contributed by atoms with Crippen molar-refractivity contribution in [3.63, 3.8) is 0 Å². The quantitative estimate of drug-likeness (QED) is 0.147. The van der Waals surface area contributed by atoms with Crippen LogP contribution in [0.5, 0.6) is 0 Å². The van der Waals surface area contributed by atoms with E-state index in [1.54, 1.807) is 24.3 Å². The van der Waals surface area contributed by atoms with E-state index in [-0.39, 0.29) is 22.3 Å². The van der Waals surface area contributed by atoms with Crippen molar-refractivity contribution in [2.24, 2.45) is 0 Å². The highest BCUT2D eigenvalue weighted by Gasteiger charge is 2.26. The number of aryl methyl sites for hydroxylation is 2. The molecule has 2 aromatic carbocycles. The number of rotatable bonds is 5. The first kappa shape index (κ1) is 39.7. The number of imide groups is 2. The first-order chi connectivity index (χ1) is 26.6. The maximum atomic E-state index is 11.7. The molecule has 3 N–H and O–H groups in total. The molecule has 0 aliphatic carbocycles. The Labute approximate surface area is 337 Å². The summed E-state index contributed by atoms with van der Waals surface area (Å²) in [6.07, 6.45) is 3.24. The molecule has 2 aromatic heterocycles. The number of nitrogens with one attached hydrogen (secondary N) is 3. The summed E-state index contributed by atoms with van der Waals surface area (Å²) in [7, 11) is 0. The Morgan fingerprint density at radius 1 is 0.582 bits per heavy atom. The predicted molar refractivity (Wildman–Crippen MR) is 226 cm³/mol. The van der Waals surface area contributed by atoms with Crippen LogP contribution in [0.3, 0.4) is 0 Å². The van der Waals surface area contributed by atoms with Crippen LogP contribution in [-0.4, -0.2) is 84.6 Å². The van der Waals surface area contributed by atoms with Crippen molar-refractivity contribution in [2.75, 3.05) is 67.1 Å². The molecule has 4 aliphatic heterocycles. The summed E-state index contributed by atoms with van der Waals surface area (Å²) in [5.74, 6) is 0.165. The number of hydrogen-bond acceptors (Lipinski definition) is 12. The number of nitrogens with zero attached hydrogens (tertiary/aromatic N) is 5. The molecule has 4 aromatic rings. The monoisotopic (exact) mass is 840 g/mol. The number of halogens is 1. The van der Waals surface area contributed by atoms with E-state index in [4.69, 9.17) is 0 Å². The fraction of sp³-hybridized carbons (Fsp3) is 0.250. The number of piperazine rings is 2. The van der Waals surface area contributed by atoms with Gasteiger partial charge in [0.25, 0.3) is 22.3 Å². The topological polar surface area (TPSA) is 140 Å². The van der Waals surface area contributed by atoms with Gasteiger partial charge in [0.2, 0.25) is 0 Å². The lowest BCUT2D eigenvalue weighted by Crippen LogP contribution is -2.46. The minimum Gasteiger partial charge on any atom is -0.369 e. The summed E-state index contributed by atoms with van der Waals surface area (Å²) in [4.78, 5) is 61.7. The van der Waals surface area contributed by atoms with Gasteiger partial charge in [-0.25, -0.2) is 9.97 Å². The highest BCUT2D eigenvalue weighted by molar-refractivity contribution is 9.10. The summed E-state index contributed by atoms with van der Waals surface area (Å²) in [6, 6.07) is 28.5. The van der Waals surface area contributed by atoms with Crippen molar-refractivity contribution in [3.05, 3.63) is 122 Å². The minimum absolute atomic E-state index is 0.338. The average molecular weight is 842 g/mol. The molecule has 0 spiro atoms. The van der Waals surface area contributed by atoms with E-state index in [1.807, 2.05) is 24.3 Å². The van der Waals surface area contributed by atoms with Crippen molar-refractivity contribution < 1.29 is 19.2 Å². The van der Waals surface area contributed by atoms with Crippen LogP contribution in [0.4, 0.5) is 26.8 Å². The van der Waals surface area contributed by atoms with E-state index in [0.29, 0.717) is 25.8 Å². The van der Waals surface area contributed by atoms with Gasteiger partial charge in [0.1, 0.15) is 10.4 Å². The third kappa shape index (κ3) is 11.5. The van der Waals surface area contributed by atoms with Gasteiger partial charge in [-0.1, -0.05) is 47.5 Å². The molecule has 0 unspecified atom stereocenters. The minimum atomic E-state index is -0.369. The second kappa shape index (κ2) is 19.1. The Bertz CT molecular complexity index is 2080. The van der Waals surface area contributed by atoms with Crippen LogP contribution in [0.2, 0.25) is 0 Å². The number of aromatic nitrogens is 2. The van der Waals surface area contributed by atoms with Crippen molar-refractivity contribution in [1.29, 1.82) is 0 Å². The fourth-order valence-corrected chi connectivity index (χ4v) is 7.63. The Balaban J connectivity index is 0.000000155. The first-order valence-electron chi connectivity index (χ1n) is 17.8. The van der Waals surface area contributed by atoms with Gasteiger partial charge in [0.05, 0.1) is 21.2 Å². The molecule has 8 rings (SSSR count). The molecular formula is C40H41BrN8O4S2. The number of amides is 4. The number of thioether (sulfide) groups is 2. The molecule has 15 heteroatoms. The third-order valence-electron chi connectivity index (χ3n) is 8.85. The average Bonchev–Trinajstić information content (AvgIpc) is 3.69. The summed E-state index contributed by atoms with van der Waals surface area (Å²) < 4.78 is 0.687. The largest absolute Gasteiger partial charge is 0.369 e. The lowest BCUT2D eigenvalue weighted by Gasteiger charge is -2.36. The zero-order valence-electron chi connectivity index (χ0n) is 30.5. The van der Waals surface area contributed by atoms with E-state index in [1.165, 1.54) is 22.5 Å². The van der Waals surface area contributed by atoms with Crippen LogP contribution in [-0.2, 0) is 9.59 Å². The van der Waals surface area contributed by atoms with Gasteiger partial charge in [0, 0.05) is 63.7 Å². The van der Waals surface area contributed by atoms with E-state index in [2.05, 4.69) is 119 Å². The maximum absolute atomic E-state index is 11.7. The van der Waals surface area contributed by atoms with E-state index >= 15 is 0 Å². The molecule has 0 atom stereocenters. The summed E-state index contributed by atoms with van der Waals surface area (Å²) in [5.41, 5.74) is 6.52. The fourth-order valence-electron chi connectivity index (χ4n) is 5.94. The molecule has 6 heterocycles. The van der Waals surface area contributed by atoms with Crippen molar-refractivity contribution in [3.8, 4) is 0 Å². The second-order valence-electron chi connectivity index (χ2n) is 12.9. The molecule has 4 amide bonds. The molecular weight excluding hydrogens is 801 g/mol.